The van der Waals surface area contributed by atoms with Crippen molar-refractivity contribution in [2.45, 2.75) is 38.7 Å². The molecule has 1 atom stereocenters. The second-order valence-electron chi connectivity index (χ2n) is 4.43. The zero-order valence-electron chi connectivity index (χ0n) is 9.54. The number of halogens is 1. The highest BCUT2D eigenvalue weighted by molar-refractivity contribution is 6.30. The third kappa shape index (κ3) is 2.47. The summed E-state index contributed by atoms with van der Waals surface area (Å²) >= 11 is 5.91. The van der Waals surface area contributed by atoms with Gasteiger partial charge in [-0.25, -0.2) is 0 Å². The average molecular weight is 237 g/mol. The Morgan fingerprint density at radius 3 is 2.75 bits per heavy atom. The Kier molecular flexibility index (Phi) is 3.67. The summed E-state index contributed by atoms with van der Waals surface area (Å²) in [7, 11) is 0. The van der Waals surface area contributed by atoms with Crippen LogP contribution in [-0.4, -0.2) is 5.11 Å². The SMILES string of the molecule is Cc1cc(Cl)ccc1C(O)C1=CCCCC1. The van der Waals surface area contributed by atoms with Crippen LogP contribution in [0.4, 0.5) is 0 Å². The van der Waals surface area contributed by atoms with Crippen molar-refractivity contribution in [3.8, 4) is 0 Å². The summed E-state index contributed by atoms with van der Waals surface area (Å²) in [5, 5.41) is 11.0. The maximum Gasteiger partial charge on any atom is 0.100 e. The van der Waals surface area contributed by atoms with Crippen LogP contribution < -0.4 is 0 Å². The van der Waals surface area contributed by atoms with Gasteiger partial charge in [0.05, 0.1) is 0 Å². The molecule has 16 heavy (non-hydrogen) atoms. The van der Waals surface area contributed by atoms with E-state index in [1.54, 1.807) is 0 Å². The molecule has 0 saturated carbocycles. The van der Waals surface area contributed by atoms with Crippen molar-refractivity contribution in [3.05, 3.63) is 46.0 Å². The van der Waals surface area contributed by atoms with Gasteiger partial charge >= 0.3 is 0 Å². The summed E-state index contributed by atoms with van der Waals surface area (Å²) in [6.45, 7) is 1.99. The molecular weight excluding hydrogens is 220 g/mol. The summed E-state index contributed by atoms with van der Waals surface area (Å²) in [6.07, 6.45) is 6.29. The van der Waals surface area contributed by atoms with Gasteiger partial charge in [-0.15, -0.1) is 0 Å². The summed E-state index contributed by atoms with van der Waals surface area (Å²) < 4.78 is 0. The molecule has 1 N–H and O–H groups in total. The van der Waals surface area contributed by atoms with Crippen LogP contribution in [0.5, 0.6) is 0 Å². The fourth-order valence-electron chi connectivity index (χ4n) is 2.26. The molecule has 86 valence electrons. The molecule has 2 heteroatoms. The molecule has 1 unspecified atom stereocenters. The molecule has 0 fully saturated rings. The zero-order chi connectivity index (χ0) is 11.5. The van der Waals surface area contributed by atoms with Crippen molar-refractivity contribution < 1.29 is 5.11 Å². The molecule has 0 heterocycles. The Morgan fingerprint density at radius 2 is 2.12 bits per heavy atom. The lowest BCUT2D eigenvalue weighted by molar-refractivity contribution is 0.207. The van der Waals surface area contributed by atoms with E-state index in [4.69, 9.17) is 11.6 Å². The molecule has 1 aromatic rings. The predicted molar refractivity (Wildman–Crippen MR) is 67.7 cm³/mol. The Balaban J connectivity index is 2.26. The lowest BCUT2D eigenvalue weighted by Crippen LogP contribution is -2.06. The highest BCUT2D eigenvalue weighted by atomic mass is 35.5. The van der Waals surface area contributed by atoms with E-state index in [0.29, 0.717) is 0 Å². The van der Waals surface area contributed by atoms with Gasteiger partial charge in [0.2, 0.25) is 0 Å². The topological polar surface area (TPSA) is 20.2 Å². The number of benzene rings is 1. The predicted octanol–water partition coefficient (Wildman–Crippen LogP) is 4.18. The Labute approximate surface area is 102 Å². The number of hydrogen-bond donors (Lipinski definition) is 1. The van der Waals surface area contributed by atoms with Crippen molar-refractivity contribution in [2.75, 3.05) is 0 Å². The van der Waals surface area contributed by atoms with Gasteiger partial charge in [0.25, 0.3) is 0 Å². The van der Waals surface area contributed by atoms with Crippen molar-refractivity contribution in [1.82, 2.24) is 0 Å². The van der Waals surface area contributed by atoms with Crippen LogP contribution in [0.25, 0.3) is 0 Å². The Bertz CT molecular complexity index is 409. The Hall–Kier alpha value is -0.790. The number of rotatable bonds is 2. The van der Waals surface area contributed by atoms with E-state index in [0.717, 1.165) is 34.6 Å². The number of hydrogen-bond acceptors (Lipinski definition) is 1. The smallest absolute Gasteiger partial charge is 0.100 e. The molecule has 0 bridgehead atoms. The van der Waals surface area contributed by atoms with Gasteiger partial charge < -0.3 is 5.11 Å². The quantitative estimate of drug-likeness (QED) is 0.764. The van der Waals surface area contributed by atoms with Crippen LogP contribution in [0, 0.1) is 6.92 Å². The number of aliphatic hydroxyl groups is 1. The number of aryl methyl sites for hydroxylation is 1. The van der Waals surface area contributed by atoms with Crippen LogP contribution in [0.3, 0.4) is 0 Å². The first-order valence-corrected chi connectivity index (χ1v) is 6.19. The summed E-state index contributed by atoms with van der Waals surface area (Å²) in [5.74, 6) is 0. The molecule has 0 aromatic heterocycles. The van der Waals surface area contributed by atoms with Gasteiger partial charge in [-0.05, 0) is 61.4 Å². The van der Waals surface area contributed by atoms with E-state index in [-0.39, 0.29) is 0 Å². The van der Waals surface area contributed by atoms with Gasteiger partial charge in [0, 0.05) is 5.02 Å². The van der Waals surface area contributed by atoms with E-state index in [1.165, 1.54) is 12.8 Å². The lowest BCUT2D eigenvalue weighted by Gasteiger charge is -2.20. The van der Waals surface area contributed by atoms with Crippen molar-refractivity contribution in [3.63, 3.8) is 0 Å². The standard InChI is InChI=1S/C14H17ClO/c1-10-9-12(15)7-8-13(10)14(16)11-5-3-2-4-6-11/h5,7-9,14,16H,2-4,6H2,1H3. The molecule has 1 aliphatic carbocycles. The van der Waals surface area contributed by atoms with E-state index < -0.39 is 6.10 Å². The summed E-state index contributed by atoms with van der Waals surface area (Å²) in [5.41, 5.74) is 3.21. The molecule has 2 rings (SSSR count). The Morgan fingerprint density at radius 1 is 1.31 bits per heavy atom. The maximum absolute atomic E-state index is 10.3. The molecule has 0 aliphatic heterocycles. The number of allylic oxidation sites excluding steroid dienone is 1. The van der Waals surface area contributed by atoms with Crippen molar-refractivity contribution in [2.24, 2.45) is 0 Å². The molecular formula is C14H17ClO. The highest BCUT2D eigenvalue weighted by Gasteiger charge is 2.16. The first-order valence-electron chi connectivity index (χ1n) is 5.81. The van der Waals surface area contributed by atoms with Crippen LogP contribution in [-0.2, 0) is 0 Å². The van der Waals surface area contributed by atoms with E-state index in [9.17, 15) is 5.11 Å². The maximum atomic E-state index is 10.3. The largest absolute Gasteiger partial charge is 0.384 e. The van der Waals surface area contributed by atoms with Crippen LogP contribution in [0.2, 0.25) is 5.02 Å². The van der Waals surface area contributed by atoms with Gasteiger partial charge in [0.15, 0.2) is 0 Å². The first-order chi connectivity index (χ1) is 7.68. The molecule has 0 amide bonds. The van der Waals surface area contributed by atoms with Gasteiger partial charge in [0.1, 0.15) is 6.10 Å². The van der Waals surface area contributed by atoms with Gasteiger partial charge in [-0.3, -0.25) is 0 Å². The van der Waals surface area contributed by atoms with E-state index >= 15 is 0 Å². The third-order valence-corrected chi connectivity index (χ3v) is 3.44. The van der Waals surface area contributed by atoms with E-state index in [1.807, 2.05) is 25.1 Å². The molecule has 0 saturated heterocycles. The van der Waals surface area contributed by atoms with Crippen LogP contribution >= 0.6 is 11.6 Å². The zero-order valence-corrected chi connectivity index (χ0v) is 10.3. The molecule has 1 nitrogen and oxygen atoms in total. The fourth-order valence-corrected chi connectivity index (χ4v) is 2.48. The minimum atomic E-state index is -0.447. The molecule has 1 aromatic carbocycles. The minimum absolute atomic E-state index is 0.447. The molecule has 0 radical (unpaired) electrons. The fraction of sp³-hybridized carbons (Fsp3) is 0.429. The van der Waals surface area contributed by atoms with Crippen molar-refractivity contribution >= 4 is 11.6 Å². The van der Waals surface area contributed by atoms with E-state index in [2.05, 4.69) is 6.08 Å². The van der Waals surface area contributed by atoms with Gasteiger partial charge in [-0.1, -0.05) is 23.7 Å². The lowest BCUT2D eigenvalue weighted by atomic mass is 9.90. The second kappa shape index (κ2) is 5.03. The minimum Gasteiger partial charge on any atom is -0.384 e. The third-order valence-electron chi connectivity index (χ3n) is 3.20. The summed E-state index contributed by atoms with van der Waals surface area (Å²) in [6, 6.07) is 5.68. The average Bonchev–Trinajstić information content (AvgIpc) is 2.29. The van der Waals surface area contributed by atoms with Gasteiger partial charge in [-0.2, -0.15) is 0 Å². The molecule has 0 spiro atoms. The monoisotopic (exact) mass is 236 g/mol. The van der Waals surface area contributed by atoms with Crippen LogP contribution in [0.1, 0.15) is 42.9 Å². The number of aliphatic hydroxyl groups excluding tert-OH is 1. The van der Waals surface area contributed by atoms with Crippen LogP contribution in [0.15, 0.2) is 29.8 Å². The highest BCUT2D eigenvalue weighted by Crippen LogP contribution is 2.32. The van der Waals surface area contributed by atoms with Crippen molar-refractivity contribution in [1.29, 1.82) is 0 Å². The normalized spacial score (nSPS) is 18.1. The second-order valence-corrected chi connectivity index (χ2v) is 4.86. The molecule has 1 aliphatic rings. The first kappa shape index (κ1) is 11.7. The summed E-state index contributed by atoms with van der Waals surface area (Å²) in [4.78, 5) is 0.